The maximum absolute atomic E-state index is 10.5. The Labute approximate surface area is 77.1 Å². The number of carboxylic acids is 2. The predicted molar refractivity (Wildman–Crippen MR) is 43.2 cm³/mol. The number of hydrogen-bond donors (Lipinski definition) is 3. The number of aliphatic hydroxyl groups is 1. The summed E-state index contributed by atoms with van der Waals surface area (Å²) >= 11 is 2.64. The normalized spacial score (nSPS) is 20.7. The van der Waals surface area contributed by atoms with Crippen LogP contribution in [0.1, 0.15) is 13.8 Å². The first-order valence-corrected chi connectivity index (χ1v) is 3.81. The lowest BCUT2D eigenvalue weighted by atomic mass is 9.91. The van der Waals surface area contributed by atoms with E-state index >= 15 is 0 Å². The van der Waals surface area contributed by atoms with Gasteiger partial charge in [-0.3, -0.25) is 4.79 Å². The minimum Gasteiger partial charge on any atom is -0.480 e. The molecule has 0 aliphatic rings. The van der Waals surface area contributed by atoms with Crippen LogP contribution in [0.15, 0.2) is 0 Å². The van der Waals surface area contributed by atoms with Crippen LogP contribution in [0.2, 0.25) is 0 Å². The standard InChI is InChI=1S/C6H9BrO5/c1-5(7,3(8)9)6(2,12)4(10)11/h12H,1-2H3,(H,8,9)(H,10,11)/t5-,6-/m0/s1. The van der Waals surface area contributed by atoms with Gasteiger partial charge in [-0.25, -0.2) is 4.79 Å². The lowest BCUT2D eigenvalue weighted by Crippen LogP contribution is -2.56. The number of carboxylic acid groups (broad SMARTS) is 2. The lowest BCUT2D eigenvalue weighted by Gasteiger charge is -2.30. The van der Waals surface area contributed by atoms with Crippen molar-refractivity contribution in [2.75, 3.05) is 0 Å². The van der Waals surface area contributed by atoms with Crippen LogP contribution in [0.3, 0.4) is 0 Å². The second-order valence-electron chi connectivity index (χ2n) is 2.69. The molecule has 0 aliphatic heterocycles. The number of carbonyl (C=O) groups is 2. The Morgan fingerprint density at radius 2 is 1.50 bits per heavy atom. The van der Waals surface area contributed by atoms with Gasteiger partial charge >= 0.3 is 11.9 Å². The van der Waals surface area contributed by atoms with Crippen molar-refractivity contribution in [3.8, 4) is 0 Å². The maximum atomic E-state index is 10.5. The van der Waals surface area contributed by atoms with Crippen LogP contribution in [-0.4, -0.2) is 37.2 Å². The average Bonchev–Trinajstić information content (AvgIpc) is 1.86. The molecule has 6 heteroatoms. The first-order valence-electron chi connectivity index (χ1n) is 3.02. The molecular weight excluding hydrogens is 232 g/mol. The van der Waals surface area contributed by atoms with E-state index in [0.29, 0.717) is 0 Å². The zero-order chi connectivity index (χ0) is 10.2. The summed E-state index contributed by atoms with van der Waals surface area (Å²) in [6.45, 7) is 1.99. The predicted octanol–water partition coefficient (Wildman–Crippen LogP) is 0.0602. The molecule has 0 radical (unpaired) electrons. The van der Waals surface area contributed by atoms with E-state index in [1.165, 1.54) is 0 Å². The lowest BCUT2D eigenvalue weighted by molar-refractivity contribution is -0.166. The number of rotatable bonds is 3. The van der Waals surface area contributed by atoms with Gasteiger partial charge in [0, 0.05) is 0 Å². The molecule has 0 heterocycles. The van der Waals surface area contributed by atoms with Crippen LogP contribution in [0.25, 0.3) is 0 Å². The van der Waals surface area contributed by atoms with Crippen molar-refractivity contribution in [2.24, 2.45) is 0 Å². The molecule has 0 aromatic carbocycles. The van der Waals surface area contributed by atoms with Gasteiger partial charge in [0.05, 0.1) is 0 Å². The second-order valence-corrected chi connectivity index (χ2v) is 4.27. The molecule has 0 fully saturated rings. The maximum Gasteiger partial charge on any atom is 0.337 e. The molecule has 0 aromatic heterocycles. The number of halogens is 1. The van der Waals surface area contributed by atoms with E-state index in [-0.39, 0.29) is 0 Å². The molecule has 0 rings (SSSR count). The van der Waals surface area contributed by atoms with E-state index in [1.807, 2.05) is 0 Å². The van der Waals surface area contributed by atoms with Gasteiger partial charge in [-0.15, -0.1) is 0 Å². The average molecular weight is 241 g/mol. The highest BCUT2D eigenvalue weighted by Crippen LogP contribution is 2.31. The first-order chi connectivity index (χ1) is 5.14. The molecule has 5 nitrogen and oxygen atoms in total. The minimum atomic E-state index is -2.35. The molecule has 12 heavy (non-hydrogen) atoms. The quantitative estimate of drug-likeness (QED) is 0.607. The third-order valence-electron chi connectivity index (χ3n) is 1.73. The first kappa shape index (κ1) is 11.4. The van der Waals surface area contributed by atoms with Crippen LogP contribution in [0.5, 0.6) is 0 Å². The Balaban J connectivity index is 5.01. The summed E-state index contributed by atoms with van der Waals surface area (Å²) in [5.74, 6) is -3.03. The smallest absolute Gasteiger partial charge is 0.337 e. The molecule has 0 bridgehead atoms. The highest BCUT2D eigenvalue weighted by atomic mass is 79.9. The Morgan fingerprint density at radius 1 is 1.17 bits per heavy atom. The van der Waals surface area contributed by atoms with Gasteiger partial charge in [-0.1, -0.05) is 15.9 Å². The Morgan fingerprint density at radius 3 is 1.58 bits per heavy atom. The van der Waals surface area contributed by atoms with Gasteiger partial charge in [0.1, 0.15) is 0 Å². The zero-order valence-corrected chi connectivity index (χ0v) is 8.12. The molecule has 0 aliphatic carbocycles. The van der Waals surface area contributed by atoms with Gasteiger partial charge in [-0.2, -0.15) is 0 Å². The molecule has 2 atom stereocenters. The van der Waals surface area contributed by atoms with E-state index in [1.54, 1.807) is 0 Å². The second kappa shape index (κ2) is 3.02. The van der Waals surface area contributed by atoms with Gasteiger partial charge in [0.25, 0.3) is 0 Å². The molecule has 0 saturated heterocycles. The molecule has 3 N–H and O–H groups in total. The third kappa shape index (κ3) is 1.59. The van der Waals surface area contributed by atoms with Crippen LogP contribution in [0, 0.1) is 0 Å². The van der Waals surface area contributed by atoms with E-state index in [9.17, 15) is 14.7 Å². The SMILES string of the molecule is C[C@](O)(C(=O)O)[C@@](C)(Br)C(=O)O. The van der Waals surface area contributed by atoms with Crippen molar-refractivity contribution in [2.45, 2.75) is 23.8 Å². The van der Waals surface area contributed by atoms with Gasteiger partial charge in [0.15, 0.2) is 9.93 Å². The van der Waals surface area contributed by atoms with Crippen molar-refractivity contribution < 1.29 is 24.9 Å². The summed E-state index contributed by atoms with van der Waals surface area (Å²) < 4.78 is -1.90. The zero-order valence-electron chi connectivity index (χ0n) is 6.54. The molecule has 0 spiro atoms. The van der Waals surface area contributed by atoms with Crippen LogP contribution < -0.4 is 0 Å². The summed E-state index contributed by atoms with van der Waals surface area (Å²) in [5, 5.41) is 26.3. The van der Waals surface area contributed by atoms with Gasteiger partial charge in [0.2, 0.25) is 0 Å². The summed E-state index contributed by atoms with van der Waals surface area (Å²) in [7, 11) is 0. The largest absolute Gasteiger partial charge is 0.480 e. The molecule has 0 amide bonds. The Hall–Kier alpha value is -0.620. The van der Waals surface area contributed by atoms with Crippen molar-refractivity contribution in [1.82, 2.24) is 0 Å². The highest BCUT2D eigenvalue weighted by Gasteiger charge is 2.53. The number of aliphatic carboxylic acids is 2. The van der Waals surface area contributed by atoms with Crippen LogP contribution in [0.4, 0.5) is 0 Å². The van der Waals surface area contributed by atoms with Crippen molar-refractivity contribution in [3.63, 3.8) is 0 Å². The molecule has 0 saturated carbocycles. The van der Waals surface area contributed by atoms with E-state index < -0.39 is 21.9 Å². The van der Waals surface area contributed by atoms with Crippen LogP contribution in [-0.2, 0) is 9.59 Å². The Bertz CT molecular complexity index is 196. The monoisotopic (exact) mass is 240 g/mol. The van der Waals surface area contributed by atoms with Crippen LogP contribution >= 0.6 is 15.9 Å². The van der Waals surface area contributed by atoms with Gasteiger partial charge in [-0.05, 0) is 13.8 Å². The summed E-state index contributed by atoms with van der Waals surface area (Å²) in [6, 6.07) is 0. The van der Waals surface area contributed by atoms with E-state index in [4.69, 9.17) is 10.2 Å². The fourth-order valence-corrected chi connectivity index (χ4v) is 0.579. The fraction of sp³-hybridized carbons (Fsp3) is 0.667. The number of alkyl halides is 1. The number of hydrogen-bond acceptors (Lipinski definition) is 3. The Kier molecular flexibility index (Phi) is 2.87. The third-order valence-corrected chi connectivity index (χ3v) is 2.84. The minimum absolute atomic E-state index is 0.915. The molecule has 0 aromatic rings. The van der Waals surface area contributed by atoms with Crippen molar-refractivity contribution >= 4 is 27.9 Å². The summed E-state index contributed by atoms with van der Waals surface area (Å²) in [6.07, 6.45) is 0. The highest BCUT2D eigenvalue weighted by molar-refractivity contribution is 9.10. The van der Waals surface area contributed by atoms with Gasteiger partial charge < -0.3 is 15.3 Å². The van der Waals surface area contributed by atoms with E-state index in [0.717, 1.165) is 13.8 Å². The fourth-order valence-electron chi connectivity index (χ4n) is 0.409. The molecular formula is C6H9BrO5. The van der Waals surface area contributed by atoms with Crippen molar-refractivity contribution in [1.29, 1.82) is 0 Å². The molecule has 70 valence electrons. The summed E-state index contributed by atoms with van der Waals surface area (Å²) in [4.78, 5) is 20.9. The summed E-state index contributed by atoms with van der Waals surface area (Å²) in [5.41, 5.74) is -2.35. The topological polar surface area (TPSA) is 94.8 Å². The molecule has 0 unspecified atom stereocenters. The van der Waals surface area contributed by atoms with Crippen molar-refractivity contribution in [3.05, 3.63) is 0 Å². The van der Waals surface area contributed by atoms with E-state index in [2.05, 4.69) is 15.9 Å².